The first-order valence-electron chi connectivity index (χ1n) is 6.29. The highest BCUT2D eigenvalue weighted by molar-refractivity contribution is 5.97. The number of rotatable bonds is 3. The Morgan fingerprint density at radius 3 is 2.89 bits per heavy atom. The number of benzene rings is 1. The smallest absolute Gasteiger partial charge is 0.264 e. The Kier molecular flexibility index (Phi) is 3.74. The lowest BCUT2D eigenvalue weighted by atomic mass is 10.1. The van der Waals surface area contributed by atoms with Crippen LogP contribution in [0.25, 0.3) is 0 Å². The molecule has 1 aliphatic rings. The van der Waals surface area contributed by atoms with Gasteiger partial charge in [-0.05, 0) is 17.7 Å². The fourth-order valence-electron chi connectivity index (χ4n) is 1.82. The highest BCUT2D eigenvalue weighted by atomic mass is 16.5. The summed E-state index contributed by atoms with van der Waals surface area (Å²) in [5, 5.41) is 2.85. The predicted molar refractivity (Wildman–Crippen MR) is 72.0 cm³/mol. The van der Waals surface area contributed by atoms with Crippen molar-refractivity contribution in [2.75, 3.05) is 18.6 Å². The van der Waals surface area contributed by atoms with E-state index >= 15 is 0 Å². The van der Waals surface area contributed by atoms with Gasteiger partial charge in [0.2, 0.25) is 5.91 Å². The minimum Gasteiger partial charge on any atom is -0.482 e. The van der Waals surface area contributed by atoms with E-state index in [1.54, 1.807) is 11.9 Å². The van der Waals surface area contributed by atoms with E-state index in [0.29, 0.717) is 12.3 Å². The summed E-state index contributed by atoms with van der Waals surface area (Å²) < 4.78 is 5.35. The van der Waals surface area contributed by atoms with Gasteiger partial charge in [0.25, 0.3) is 5.91 Å². The Hall–Kier alpha value is -2.04. The van der Waals surface area contributed by atoms with E-state index in [1.165, 1.54) is 0 Å². The van der Waals surface area contributed by atoms with Crippen molar-refractivity contribution in [3.8, 4) is 5.75 Å². The first-order valence-corrected chi connectivity index (χ1v) is 6.29. The standard InChI is InChI=1S/C14H18N2O3/c1-9(2)14(18)15-7-10-4-5-12-11(6-10)16(3)13(17)8-19-12/h4-6,9H,7-8H2,1-3H3,(H,15,18). The fourth-order valence-corrected chi connectivity index (χ4v) is 1.82. The van der Waals surface area contributed by atoms with Crippen LogP contribution in [-0.4, -0.2) is 25.5 Å². The van der Waals surface area contributed by atoms with Gasteiger partial charge >= 0.3 is 0 Å². The van der Waals surface area contributed by atoms with Gasteiger partial charge in [-0.2, -0.15) is 0 Å². The van der Waals surface area contributed by atoms with Crippen LogP contribution in [0.5, 0.6) is 5.75 Å². The monoisotopic (exact) mass is 262 g/mol. The number of fused-ring (bicyclic) bond motifs is 1. The first-order chi connectivity index (χ1) is 8.99. The van der Waals surface area contributed by atoms with Crippen LogP contribution in [0.1, 0.15) is 19.4 Å². The molecule has 0 saturated carbocycles. The molecule has 19 heavy (non-hydrogen) atoms. The average Bonchev–Trinajstić information content (AvgIpc) is 2.40. The van der Waals surface area contributed by atoms with Crippen molar-refractivity contribution in [1.82, 2.24) is 5.32 Å². The topological polar surface area (TPSA) is 58.6 Å². The molecular formula is C14H18N2O3. The molecule has 1 aromatic carbocycles. The van der Waals surface area contributed by atoms with Crippen LogP contribution < -0.4 is 15.0 Å². The first kappa shape index (κ1) is 13.4. The molecule has 0 saturated heterocycles. The molecule has 0 unspecified atom stereocenters. The number of ether oxygens (including phenoxy) is 1. The fraction of sp³-hybridized carbons (Fsp3) is 0.429. The van der Waals surface area contributed by atoms with Gasteiger partial charge in [-0.25, -0.2) is 0 Å². The molecule has 1 N–H and O–H groups in total. The minimum atomic E-state index is -0.0733. The highest BCUT2D eigenvalue weighted by Gasteiger charge is 2.22. The van der Waals surface area contributed by atoms with Crippen LogP contribution in [0.4, 0.5) is 5.69 Å². The van der Waals surface area contributed by atoms with Gasteiger partial charge < -0.3 is 15.0 Å². The third-order valence-corrected chi connectivity index (χ3v) is 3.10. The average molecular weight is 262 g/mol. The molecule has 0 aliphatic carbocycles. The van der Waals surface area contributed by atoms with E-state index in [9.17, 15) is 9.59 Å². The number of hydrogen-bond donors (Lipinski definition) is 1. The Bertz CT molecular complexity index is 511. The van der Waals surface area contributed by atoms with Crippen molar-refractivity contribution in [2.24, 2.45) is 5.92 Å². The van der Waals surface area contributed by atoms with E-state index in [1.807, 2.05) is 32.0 Å². The molecule has 5 nitrogen and oxygen atoms in total. The second kappa shape index (κ2) is 5.30. The summed E-state index contributed by atoms with van der Waals surface area (Å²) in [7, 11) is 1.72. The number of nitrogens with one attached hydrogen (secondary N) is 1. The third-order valence-electron chi connectivity index (χ3n) is 3.10. The van der Waals surface area contributed by atoms with Crippen LogP contribution in [-0.2, 0) is 16.1 Å². The van der Waals surface area contributed by atoms with Crippen molar-refractivity contribution in [3.63, 3.8) is 0 Å². The number of nitrogens with zero attached hydrogens (tertiary/aromatic N) is 1. The number of anilines is 1. The lowest BCUT2D eigenvalue weighted by molar-refractivity contribution is -0.124. The SMILES string of the molecule is CC(C)C(=O)NCc1ccc2c(c1)N(C)C(=O)CO2. The van der Waals surface area contributed by atoms with Crippen LogP contribution in [0.3, 0.4) is 0 Å². The van der Waals surface area contributed by atoms with Crippen LogP contribution in [0, 0.1) is 5.92 Å². The molecule has 2 rings (SSSR count). The predicted octanol–water partition coefficient (Wildman–Crippen LogP) is 1.31. The molecule has 0 aromatic heterocycles. The molecule has 1 aliphatic heterocycles. The van der Waals surface area contributed by atoms with E-state index in [-0.39, 0.29) is 24.3 Å². The maximum absolute atomic E-state index is 11.6. The summed E-state index contributed by atoms with van der Waals surface area (Å²) in [5.41, 5.74) is 1.69. The second-order valence-corrected chi connectivity index (χ2v) is 4.92. The van der Waals surface area contributed by atoms with Crippen molar-refractivity contribution in [1.29, 1.82) is 0 Å². The summed E-state index contributed by atoms with van der Waals surface area (Å²) >= 11 is 0. The maximum Gasteiger partial charge on any atom is 0.264 e. The van der Waals surface area contributed by atoms with E-state index in [4.69, 9.17) is 4.74 Å². The van der Waals surface area contributed by atoms with E-state index in [2.05, 4.69) is 5.32 Å². The summed E-state index contributed by atoms with van der Waals surface area (Å²) in [6.45, 7) is 4.23. The molecule has 0 radical (unpaired) electrons. The quantitative estimate of drug-likeness (QED) is 0.893. The number of carbonyl (C=O) groups excluding carboxylic acids is 2. The van der Waals surface area contributed by atoms with Crippen molar-refractivity contribution in [2.45, 2.75) is 20.4 Å². The molecule has 0 spiro atoms. The molecule has 0 fully saturated rings. The summed E-state index contributed by atoms with van der Waals surface area (Å²) in [6, 6.07) is 5.59. The van der Waals surface area contributed by atoms with Gasteiger partial charge in [0.15, 0.2) is 6.61 Å². The minimum absolute atomic E-state index is 0.0124. The molecule has 0 bridgehead atoms. The van der Waals surface area contributed by atoms with E-state index < -0.39 is 0 Å². The van der Waals surface area contributed by atoms with Gasteiger partial charge in [0.1, 0.15) is 5.75 Å². The van der Waals surface area contributed by atoms with Crippen molar-refractivity contribution >= 4 is 17.5 Å². The third kappa shape index (κ3) is 2.86. The van der Waals surface area contributed by atoms with Gasteiger partial charge in [-0.15, -0.1) is 0 Å². The zero-order chi connectivity index (χ0) is 14.0. The maximum atomic E-state index is 11.6. The Balaban J connectivity index is 2.12. The zero-order valence-corrected chi connectivity index (χ0v) is 11.4. The molecule has 1 heterocycles. The van der Waals surface area contributed by atoms with Crippen LogP contribution >= 0.6 is 0 Å². The van der Waals surface area contributed by atoms with Gasteiger partial charge in [-0.3, -0.25) is 9.59 Å². The Morgan fingerprint density at radius 2 is 2.21 bits per heavy atom. The molecule has 2 amide bonds. The normalized spacial score (nSPS) is 14.1. The molecule has 102 valence electrons. The van der Waals surface area contributed by atoms with Gasteiger partial charge in [0, 0.05) is 19.5 Å². The summed E-state index contributed by atoms with van der Waals surface area (Å²) in [4.78, 5) is 24.7. The van der Waals surface area contributed by atoms with Crippen LogP contribution in [0.15, 0.2) is 18.2 Å². The Labute approximate surface area is 112 Å². The van der Waals surface area contributed by atoms with Crippen LogP contribution in [0.2, 0.25) is 0 Å². The van der Waals surface area contributed by atoms with Gasteiger partial charge in [-0.1, -0.05) is 19.9 Å². The second-order valence-electron chi connectivity index (χ2n) is 4.92. The Morgan fingerprint density at radius 1 is 1.47 bits per heavy atom. The van der Waals surface area contributed by atoms with Crippen molar-refractivity contribution in [3.05, 3.63) is 23.8 Å². The van der Waals surface area contributed by atoms with E-state index in [0.717, 1.165) is 11.3 Å². The lowest BCUT2D eigenvalue weighted by Crippen LogP contribution is -2.35. The lowest BCUT2D eigenvalue weighted by Gasteiger charge is -2.26. The largest absolute Gasteiger partial charge is 0.482 e. The number of amides is 2. The molecular weight excluding hydrogens is 244 g/mol. The number of likely N-dealkylation sites (N-methyl/N-ethyl adjacent to an activating group) is 1. The summed E-state index contributed by atoms with van der Waals surface area (Å²) in [6.07, 6.45) is 0. The van der Waals surface area contributed by atoms with Gasteiger partial charge in [0.05, 0.1) is 5.69 Å². The molecule has 0 atom stereocenters. The zero-order valence-electron chi connectivity index (χ0n) is 11.4. The number of hydrogen-bond acceptors (Lipinski definition) is 3. The molecule has 1 aromatic rings. The number of carbonyl (C=O) groups is 2. The summed E-state index contributed by atoms with van der Waals surface area (Å²) in [5.74, 6) is 0.598. The highest BCUT2D eigenvalue weighted by Crippen LogP contribution is 2.31. The van der Waals surface area contributed by atoms with Crippen molar-refractivity contribution < 1.29 is 14.3 Å². The molecule has 5 heteroatoms.